The molecule has 31 heavy (non-hydrogen) atoms. The molecule has 0 aliphatic heterocycles. The number of hydrogen-bond acceptors (Lipinski definition) is 3. The summed E-state index contributed by atoms with van der Waals surface area (Å²) in [4.78, 5) is 2.16. The molecule has 0 aliphatic rings. The van der Waals surface area contributed by atoms with Crippen LogP contribution in [-0.2, 0) is 19.1 Å². The first kappa shape index (κ1) is 22.8. The van der Waals surface area contributed by atoms with Gasteiger partial charge in [-0.1, -0.05) is 60.7 Å². The van der Waals surface area contributed by atoms with Gasteiger partial charge in [-0.2, -0.15) is 13.2 Å². The Balaban J connectivity index is 1.55. The second-order valence-corrected chi connectivity index (χ2v) is 7.44. The minimum Gasteiger partial charge on any atom is -0.491 e. The molecule has 0 radical (unpaired) electrons. The average Bonchev–Trinajstić information content (AvgIpc) is 2.77. The van der Waals surface area contributed by atoms with Gasteiger partial charge in [0.05, 0.1) is 5.56 Å². The summed E-state index contributed by atoms with van der Waals surface area (Å²) in [6, 6.07) is 24.6. The van der Waals surface area contributed by atoms with E-state index >= 15 is 0 Å². The Morgan fingerprint density at radius 3 is 1.97 bits per heavy atom. The van der Waals surface area contributed by atoms with Crippen LogP contribution >= 0.6 is 0 Å². The highest BCUT2D eigenvalue weighted by Crippen LogP contribution is 2.30. The van der Waals surface area contributed by atoms with Crippen LogP contribution in [0, 0.1) is 0 Å². The van der Waals surface area contributed by atoms with Crippen LogP contribution in [0.3, 0.4) is 0 Å². The predicted octanol–water partition coefficient (Wildman–Crippen LogP) is 5.19. The van der Waals surface area contributed by atoms with E-state index in [1.807, 2.05) is 48.5 Å². The number of halogens is 3. The van der Waals surface area contributed by atoms with Crippen LogP contribution in [0.15, 0.2) is 84.9 Å². The van der Waals surface area contributed by atoms with Crippen molar-refractivity contribution in [3.05, 3.63) is 102 Å². The Morgan fingerprint density at radius 1 is 0.806 bits per heavy atom. The van der Waals surface area contributed by atoms with Gasteiger partial charge in [0.25, 0.3) is 0 Å². The molecule has 164 valence electrons. The molecule has 1 atom stereocenters. The van der Waals surface area contributed by atoms with E-state index in [4.69, 9.17) is 4.74 Å². The molecule has 0 bridgehead atoms. The lowest BCUT2D eigenvalue weighted by Gasteiger charge is -2.25. The molecular formula is C25H26F3NO2. The molecule has 0 fully saturated rings. The summed E-state index contributed by atoms with van der Waals surface area (Å²) in [6.07, 6.45) is -4.31. The van der Waals surface area contributed by atoms with Crippen LogP contribution in [0.5, 0.6) is 5.75 Å². The lowest BCUT2D eigenvalue weighted by atomic mass is 10.1. The van der Waals surface area contributed by atoms with Crippen molar-refractivity contribution in [1.82, 2.24) is 4.90 Å². The number of rotatable bonds is 10. The molecule has 1 N–H and O–H groups in total. The van der Waals surface area contributed by atoms with Crippen molar-refractivity contribution in [3.63, 3.8) is 0 Å². The monoisotopic (exact) mass is 429 g/mol. The number of ether oxygens (including phenoxy) is 1. The van der Waals surface area contributed by atoms with Gasteiger partial charge in [0.1, 0.15) is 18.5 Å². The Labute approximate surface area is 180 Å². The number of aliphatic hydroxyl groups is 1. The third kappa shape index (κ3) is 7.74. The average molecular weight is 429 g/mol. The second kappa shape index (κ2) is 11.0. The van der Waals surface area contributed by atoms with Gasteiger partial charge in [-0.25, -0.2) is 0 Å². The molecule has 3 rings (SSSR count). The molecule has 0 aliphatic carbocycles. The molecule has 3 aromatic carbocycles. The van der Waals surface area contributed by atoms with Gasteiger partial charge >= 0.3 is 6.18 Å². The summed E-state index contributed by atoms with van der Waals surface area (Å²) in [5.41, 5.74) is 1.64. The lowest BCUT2D eigenvalue weighted by Crippen LogP contribution is -2.36. The van der Waals surface area contributed by atoms with Crippen LogP contribution in [0.1, 0.15) is 16.7 Å². The van der Waals surface area contributed by atoms with Gasteiger partial charge in [-0.05, 0) is 41.8 Å². The fraction of sp³-hybridized carbons (Fsp3) is 0.280. The van der Waals surface area contributed by atoms with Gasteiger partial charge in [-0.3, -0.25) is 4.90 Å². The van der Waals surface area contributed by atoms with Crippen LogP contribution in [0.2, 0.25) is 0 Å². The Kier molecular flexibility index (Phi) is 8.09. The van der Waals surface area contributed by atoms with Gasteiger partial charge in [0, 0.05) is 19.6 Å². The minimum absolute atomic E-state index is 0.00198. The minimum atomic E-state index is -4.38. The summed E-state index contributed by atoms with van der Waals surface area (Å²) in [5, 5.41) is 10.5. The zero-order valence-electron chi connectivity index (χ0n) is 17.1. The molecule has 0 heterocycles. The lowest BCUT2D eigenvalue weighted by molar-refractivity contribution is -0.137. The SMILES string of the molecule is OC(COc1ccc(C(F)(F)F)cc1)CN(CCc1ccccc1)Cc1ccccc1. The Bertz CT molecular complexity index is 900. The second-order valence-electron chi connectivity index (χ2n) is 7.44. The van der Waals surface area contributed by atoms with Gasteiger partial charge in [-0.15, -0.1) is 0 Å². The molecule has 3 aromatic rings. The van der Waals surface area contributed by atoms with E-state index < -0.39 is 17.8 Å². The number of nitrogens with zero attached hydrogens (tertiary/aromatic N) is 1. The van der Waals surface area contributed by atoms with Crippen molar-refractivity contribution < 1.29 is 23.0 Å². The fourth-order valence-corrected chi connectivity index (χ4v) is 3.29. The molecule has 0 amide bonds. The first-order valence-electron chi connectivity index (χ1n) is 10.2. The number of alkyl halides is 3. The summed E-state index contributed by atoms with van der Waals surface area (Å²) in [6.45, 7) is 1.84. The van der Waals surface area contributed by atoms with E-state index in [1.54, 1.807) is 0 Å². The number of aliphatic hydroxyl groups excluding tert-OH is 1. The molecule has 0 saturated heterocycles. The third-order valence-corrected chi connectivity index (χ3v) is 4.90. The molecule has 3 nitrogen and oxygen atoms in total. The van der Waals surface area contributed by atoms with Crippen LogP contribution in [-0.4, -0.2) is 35.8 Å². The molecule has 0 saturated carbocycles. The van der Waals surface area contributed by atoms with E-state index in [2.05, 4.69) is 17.0 Å². The highest BCUT2D eigenvalue weighted by molar-refractivity contribution is 5.28. The van der Waals surface area contributed by atoms with E-state index in [1.165, 1.54) is 17.7 Å². The summed E-state index contributed by atoms with van der Waals surface area (Å²) < 4.78 is 43.5. The predicted molar refractivity (Wildman–Crippen MR) is 115 cm³/mol. The van der Waals surface area contributed by atoms with Crippen molar-refractivity contribution in [1.29, 1.82) is 0 Å². The normalized spacial score (nSPS) is 12.7. The van der Waals surface area contributed by atoms with Crippen molar-refractivity contribution in [2.24, 2.45) is 0 Å². The van der Waals surface area contributed by atoms with Gasteiger partial charge < -0.3 is 9.84 Å². The van der Waals surface area contributed by atoms with Crippen molar-refractivity contribution in [2.45, 2.75) is 25.2 Å². The molecule has 1 unspecified atom stereocenters. The maximum Gasteiger partial charge on any atom is 0.416 e. The highest BCUT2D eigenvalue weighted by atomic mass is 19.4. The highest BCUT2D eigenvalue weighted by Gasteiger charge is 2.30. The maximum atomic E-state index is 12.7. The summed E-state index contributed by atoms with van der Waals surface area (Å²) >= 11 is 0. The smallest absolute Gasteiger partial charge is 0.416 e. The molecule has 0 aromatic heterocycles. The molecule has 0 spiro atoms. The van der Waals surface area contributed by atoms with Gasteiger partial charge in [0.2, 0.25) is 0 Å². The number of hydrogen-bond donors (Lipinski definition) is 1. The maximum absolute atomic E-state index is 12.7. The Morgan fingerprint density at radius 2 is 1.39 bits per heavy atom. The van der Waals surface area contributed by atoms with Crippen LogP contribution < -0.4 is 4.74 Å². The Hall–Kier alpha value is -2.83. The van der Waals surface area contributed by atoms with Crippen LogP contribution in [0.25, 0.3) is 0 Å². The standard InChI is InChI=1S/C25H26F3NO2/c26-25(27,28)22-11-13-24(14-12-22)31-19-23(30)18-29(17-21-9-5-2-6-10-21)16-15-20-7-3-1-4-8-20/h1-14,23,30H,15-19H2. The third-order valence-electron chi connectivity index (χ3n) is 4.90. The molecule has 6 heteroatoms. The zero-order valence-corrected chi connectivity index (χ0v) is 17.1. The van der Waals surface area contributed by atoms with E-state index in [0.717, 1.165) is 30.7 Å². The number of benzene rings is 3. The van der Waals surface area contributed by atoms with Crippen molar-refractivity contribution in [3.8, 4) is 5.75 Å². The van der Waals surface area contributed by atoms with Gasteiger partial charge in [0.15, 0.2) is 0 Å². The summed E-state index contributed by atoms with van der Waals surface area (Å²) in [5.74, 6) is 0.297. The summed E-state index contributed by atoms with van der Waals surface area (Å²) in [7, 11) is 0. The van der Waals surface area contributed by atoms with E-state index in [9.17, 15) is 18.3 Å². The van der Waals surface area contributed by atoms with E-state index in [-0.39, 0.29) is 6.61 Å². The van der Waals surface area contributed by atoms with Crippen LogP contribution in [0.4, 0.5) is 13.2 Å². The first-order valence-corrected chi connectivity index (χ1v) is 10.2. The largest absolute Gasteiger partial charge is 0.491 e. The molecular weight excluding hydrogens is 403 g/mol. The van der Waals surface area contributed by atoms with E-state index in [0.29, 0.717) is 18.8 Å². The first-order chi connectivity index (χ1) is 14.9. The quantitative estimate of drug-likeness (QED) is 0.482. The van der Waals surface area contributed by atoms with Crippen molar-refractivity contribution in [2.75, 3.05) is 19.7 Å². The van der Waals surface area contributed by atoms with Crippen molar-refractivity contribution >= 4 is 0 Å². The topological polar surface area (TPSA) is 32.7 Å². The zero-order chi connectivity index (χ0) is 22.1. The fourth-order valence-electron chi connectivity index (χ4n) is 3.29.